The van der Waals surface area contributed by atoms with Crippen LogP contribution in [0.15, 0.2) is 12.2 Å². The number of ether oxygens (including phenoxy) is 1. The summed E-state index contributed by atoms with van der Waals surface area (Å²) in [6.07, 6.45) is 20.5. The largest absolute Gasteiger partial charge is 0.465 e. The molecule has 2 nitrogen and oxygen atoms in total. The number of hydrogen-bond donors (Lipinski definition) is 1. The Morgan fingerprint density at radius 2 is 1.41 bits per heavy atom. The molecule has 0 bridgehead atoms. The Kier molecular flexibility index (Phi) is 18.2. The van der Waals surface area contributed by atoms with Crippen molar-refractivity contribution in [2.24, 2.45) is 0 Å². The topological polar surface area (TPSA) is 26.3 Å². The quantitative estimate of drug-likeness (QED) is 0.160. The molecule has 0 N–H and O–H groups in total. The van der Waals surface area contributed by atoms with E-state index in [4.69, 9.17) is 4.74 Å². The van der Waals surface area contributed by atoms with E-state index in [2.05, 4.69) is 31.7 Å². The Bertz CT molecular complexity index is 264. The summed E-state index contributed by atoms with van der Waals surface area (Å²) in [4.78, 5) is 11.2. The number of rotatable bonds is 16. The first-order valence-corrected chi connectivity index (χ1v) is 9.86. The molecular formula is C19H36O2S. The van der Waals surface area contributed by atoms with Crippen molar-refractivity contribution in [3.05, 3.63) is 12.2 Å². The Morgan fingerprint density at radius 3 is 2.00 bits per heavy atom. The summed E-state index contributed by atoms with van der Waals surface area (Å²) in [7, 11) is 0. The molecule has 0 saturated heterocycles. The summed E-state index contributed by atoms with van der Waals surface area (Å²) >= 11 is 4.00. The van der Waals surface area contributed by atoms with Gasteiger partial charge >= 0.3 is 5.97 Å². The Hall–Kier alpha value is -0.440. The number of unbranched alkanes of at least 4 members (excludes halogenated alkanes) is 10. The second-order valence-electron chi connectivity index (χ2n) is 5.92. The van der Waals surface area contributed by atoms with E-state index in [-0.39, 0.29) is 5.97 Å². The van der Waals surface area contributed by atoms with Crippen LogP contribution in [0.3, 0.4) is 0 Å². The van der Waals surface area contributed by atoms with E-state index in [9.17, 15) is 4.79 Å². The lowest BCUT2D eigenvalue weighted by molar-refractivity contribution is -0.142. The Morgan fingerprint density at radius 1 is 0.864 bits per heavy atom. The van der Waals surface area contributed by atoms with Gasteiger partial charge in [-0.05, 0) is 19.3 Å². The van der Waals surface area contributed by atoms with E-state index < -0.39 is 0 Å². The Labute approximate surface area is 143 Å². The molecule has 0 aliphatic heterocycles. The molecule has 0 spiro atoms. The maximum Gasteiger partial charge on any atom is 0.306 e. The van der Waals surface area contributed by atoms with Crippen LogP contribution in [0.5, 0.6) is 0 Å². The van der Waals surface area contributed by atoms with Crippen LogP contribution in [0.1, 0.15) is 90.4 Å². The highest BCUT2D eigenvalue weighted by atomic mass is 32.1. The SMILES string of the molecule is CCCCCCCCCCCC/C=C/CCC(=O)OCCS. The van der Waals surface area contributed by atoms with Crippen molar-refractivity contribution >= 4 is 18.6 Å². The number of esters is 1. The fourth-order valence-corrected chi connectivity index (χ4v) is 2.51. The number of hydrogen-bond acceptors (Lipinski definition) is 3. The first-order chi connectivity index (χ1) is 10.8. The average Bonchev–Trinajstić information content (AvgIpc) is 2.53. The second kappa shape index (κ2) is 18.6. The highest BCUT2D eigenvalue weighted by molar-refractivity contribution is 7.80. The summed E-state index contributed by atoms with van der Waals surface area (Å²) in [6.45, 7) is 2.69. The third-order valence-corrected chi connectivity index (χ3v) is 3.94. The molecule has 0 aliphatic rings. The van der Waals surface area contributed by atoms with E-state index in [1.54, 1.807) is 0 Å². The van der Waals surface area contributed by atoms with Crippen LogP contribution in [0, 0.1) is 0 Å². The van der Waals surface area contributed by atoms with Crippen molar-refractivity contribution in [2.75, 3.05) is 12.4 Å². The average molecular weight is 329 g/mol. The predicted octanol–water partition coefficient (Wildman–Crippen LogP) is 6.11. The maximum atomic E-state index is 11.2. The van der Waals surface area contributed by atoms with Crippen molar-refractivity contribution in [1.82, 2.24) is 0 Å². The van der Waals surface area contributed by atoms with Crippen LogP contribution in [0.2, 0.25) is 0 Å². The van der Waals surface area contributed by atoms with Crippen LogP contribution in [-0.4, -0.2) is 18.3 Å². The molecule has 0 fully saturated rings. The molecule has 0 aromatic rings. The molecule has 0 aliphatic carbocycles. The first-order valence-electron chi connectivity index (χ1n) is 9.22. The van der Waals surface area contributed by atoms with Gasteiger partial charge < -0.3 is 4.74 Å². The molecule has 0 heterocycles. The van der Waals surface area contributed by atoms with E-state index >= 15 is 0 Å². The van der Waals surface area contributed by atoms with Gasteiger partial charge in [0, 0.05) is 12.2 Å². The minimum atomic E-state index is -0.113. The third kappa shape index (κ3) is 17.6. The molecule has 0 radical (unpaired) electrons. The Balaban J connectivity index is 3.15. The molecule has 0 aromatic heterocycles. The lowest BCUT2D eigenvalue weighted by Gasteiger charge is -2.01. The summed E-state index contributed by atoms with van der Waals surface area (Å²) in [5.41, 5.74) is 0. The molecule has 0 rings (SSSR count). The first kappa shape index (κ1) is 21.6. The van der Waals surface area contributed by atoms with E-state index in [1.165, 1.54) is 64.2 Å². The zero-order chi connectivity index (χ0) is 16.3. The smallest absolute Gasteiger partial charge is 0.306 e. The van der Waals surface area contributed by atoms with Gasteiger partial charge in [0.15, 0.2) is 0 Å². The second-order valence-corrected chi connectivity index (χ2v) is 6.37. The van der Waals surface area contributed by atoms with Crippen LogP contribution in [0.25, 0.3) is 0 Å². The molecule has 0 unspecified atom stereocenters. The van der Waals surface area contributed by atoms with Gasteiger partial charge in [0.05, 0.1) is 0 Å². The minimum Gasteiger partial charge on any atom is -0.465 e. The molecule has 0 atom stereocenters. The number of allylic oxidation sites excluding steroid dienone is 2. The van der Waals surface area contributed by atoms with Crippen molar-refractivity contribution in [2.45, 2.75) is 90.4 Å². The van der Waals surface area contributed by atoms with Crippen LogP contribution in [0.4, 0.5) is 0 Å². The number of carbonyl (C=O) groups excluding carboxylic acids is 1. The van der Waals surface area contributed by atoms with Crippen molar-refractivity contribution < 1.29 is 9.53 Å². The van der Waals surface area contributed by atoms with Crippen molar-refractivity contribution in [1.29, 1.82) is 0 Å². The lowest BCUT2D eigenvalue weighted by Crippen LogP contribution is -2.05. The van der Waals surface area contributed by atoms with Gasteiger partial charge in [0.1, 0.15) is 6.61 Å². The van der Waals surface area contributed by atoms with Crippen LogP contribution >= 0.6 is 12.6 Å². The molecular weight excluding hydrogens is 292 g/mol. The molecule has 0 amide bonds. The standard InChI is InChI=1S/C19H36O2S/c1-2-3-4-5-6-7-8-9-10-11-12-13-14-15-16-19(20)21-17-18-22/h13-14,22H,2-12,15-18H2,1H3/b14-13+. The predicted molar refractivity (Wildman–Crippen MR) is 99.6 cm³/mol. The van der Waals surface area contributed by atoms with Gasteiger partial charge in [-0.15, -0.1) is 0 Å². The highest BCUT2D eigenvalue weighted by Gasteiger charge is 1.99. The normalized spacial score (nSPS) is 11.2. The fraction of sp³-hybridized carbons (Fsp3) is 0.842. The van der Waals surface area contributed by atoms with Crippen molar-refractivity contribution in [3.8, 4) is 0 Å². The summed E-state index contributed by atoms with van der Waals surface area (Å²) in [5.74, 6) is 0.484. The van der Waals surface area contributed by atoms with Gasteiger partial charge in [-0.2, -0.15) is 12.6 Å². The van der Waals surface area contributed by atoms with Gasteiger partial charge in [0.25, 0.3) is 0 Å². The molecule has 22 heavy (non-hydrogen) atoms. The fourth-order valence-electron chi connectivity index (χ4n) is 2.42. The van der Waals surface area contributed by atoms with E-state index in [1.807, 2.05) is 0 Å². The third-order valence-electron chi connectivity index (χ3n) is 3.76. The lowest BCUT2D eigenvalue weighted by atomic mass is 10.1. The summed E-state index contributed by atoms with van der Waals surface area (Å²) < 4.78 is 4.96. The maximum absolute atomic E-state index is 11.2. The van der Waals surface area contributed by atoms with Crippen molar-refractivity contribution in [3.63, 3.8) is 0 Å². The minimum absolute atomic E-state index is 0.113. The van der Waals surface area contributed by atoms with E-state index in [0.29, 0.717) is 18.8 Å². The van der Waals surface area contributed by atoms with Gasteiger partial charge in [-0.1, -0.05) is 76.9 Å². The number of thiol groups is 1. The summed E-state index contributed by atoms with van der Waals surface area (Å²) in [6, 6.07) is 0. The van der Waals surface area contributed by atoms with Crippen LogP contribution in [-0.2, 0) is 9.53 Å². The van der Waals surface area contributed by atoms with Crippen LogP contribution < -0.4 is 0 Å². The molecule has 0 saturated carbocycles. The van der Waals surface area contributed by atoms with Gasteiger partial charge in [-0.3, -0.25) is 4.79 Å². The van der Waals surface area contributed by atoms with E-state index in [0.717, 1.165) is 12.8 Å². The highest BCUT2D eigenvalue weighted by Crippen LogP contribution is 2.11. The van der Waals surface area contributed by atoms with Gasteiger partial charge in [0.2, 0.25) is 0 Å². The molecule has 0 aromatic carbocycles. The molecule has 3 heteroatoms. The monoisotopic (exact) mass is 328 g/mol. The zero-order valence-electron chi connectivity index (χ0n) is 14.5. The van der Waals surface area contributed by atoms with Gasteiger partial charge in [-0.25, -0.2) is 0 Å². The number of carbonyl (C=O) groups is 1. The zero-order valence-corrected chi connectivity index (χ0v) is 15.4. The summed E-state index contributed by atoms with van der Waals surface area (Å²) in [5, 5.41) is 0. The molecule has 130 valence electrons.